The van der Waals surface area contributed by atoms with Crippen LogP contribution in [-0.2, 0) is 6.42 Å². The van der Waals surface area contributed by atoms with Crippen LogP contribution in [0.25, 0.3) is 10.8 Å². The maximum absolute atomic E-state index is 11.6. The van der Waals surface area contributed by atoms with Crippen molar-refractivity contribution in [2.75, 3.05) is 0 Å². The van der Waals surface area contributed by atoms with Gasteiger partial charge in [-0.05, 0) is 49.4 Å². The van der Waals surface area contributed by atoms with Crippen molar-refractivity contribution >= 4 is 16.6 Å². The van der Waals surface area contributed by atoms with Crippen LogP contribution in [0.1, 0.15) is 36.8 Å². The van der Waals surface area contributed by atoms with Gasteiger partial charge in [-0.15, -0.1) is 0 Å². The monoisotopic (exact) mass is 255 g/mol. The molecule has 0 unspecified atom stereocenters. The Labute approximate surface area is 112 Å². The molecule has 0 amide bonds. The van der Waals surface area contributed by atoms with E-state index in [-0.39, 0.29) is 11.5 Å². The van der Waals surface area contributed by atoms with Crippen molar-refractivity contribution in [3.8, 4) is 5.75 Å². The van der Waals surface area contributed by atoms with Gasteiger partial charge in [0.25, 0.3) is 0 Å². The van der Waals surface area contributed by atoms with E-state index in [0.29, 0.717) is 12.1 Å². The largest absolute Gasteiger partial charge is 0.508 e. The first kappa shape index (κ1) is 13.3. The van der Waals surface area contributed by atoms with Gasteiger partial charge in [-0.3, -0.25) is 9.78 Å². The molecule has 0 aliphatic carbocycles. The van der Waals surface area contributed by atoms with E-state index in [2.05, 4.69) is 4.98 Å². The van der Waals surface area contributed by atoms with Crippen LogP contribution in [0, 0.1) is 0 Å². The molecule has 0 spiro atoms. The third kappa shape index (κ3) is 2.81. The number of phenolic OH excluding ortho intramolecular Hbond substituents is 1. The van der Waals surface area contributed by atoms with E-state index >= 15 is 0 Å². The molecule has 0 aliphatic heterocycles. The summed E-state index contributed by atoms with van der Waals surface area (Å²) in [5, 5.41) is 11.6. The van der Waals surface area contributed by atoms with Gasteiger partial charge in [-0.1, -0.05) is 11.6 Å². The fourth-order valence-electron chi connectivity index (χ4n) is 2.01. The second-order valence-corrected chi connectivity index (χ2v) is 4.90. The minimum atomic E-state index is -0.0653. The van der Waals surface area contributed by atoms with Gasteiger partial charge in [-0.25, -0.2) is 0 Å². The summed E-state index contributed by atoms with van der Waals surface area (Å²) in [7, 11) is 0. The van der Waals surface area contributed by atoms with Crippen molar-refractivity contribution in [1.29, 1.82) is 0 Å². The molecule has 0 saturated carbocycles. The number of allylic oxidation sites excluding steroid dienone is 2. The van der Waals surface area contributed by atoms with E-state index in [0.717, 1.165) is 16.3 Å². The molecule has 0 saturated heterocycles. The average Bonchev–Trinajstić information content (AvgIpc) is 2.35. The van der Waals surface area contributed by atoms with E-state index in [1.807, 2.05) is 26.0 Å². The number of phenols is 1. The number of rotatable bonds is 3. The van der Waals surface area contributed by atoms with Crippen LogP contribution < -0.4 is 0 Å². The van der Waals surface area contributed by atoms with Gasteiger partial charge >= 0.3 is 0 Å². The van der Waals surface area contributed by atoms with Crippen LogP contribution in [0.5, 0.6) is 5.75 Å². The lowest BCUT2D eigenvalue weighted by Crippen LogP contribution is -1.98. The molecule has 1 N–H and O–H groups in total. The normalized spacial score (nSPS) is 10.5. The molecule has 2 rings (SSSR count). The highest BCUT2D eigenvalue weighted by Crippen LogP contribution is 2.27. The molecule has 0 atom stereocenters. The molecule has 1 aromatic heterocycles. The summed E-state index contributed by atoms with van der Waals surface area (Å²) in [5.41, 5.74) is 2.46. The van der Waals surface area contributed by atoms with Gasteiger partial charge in [0.05, 0.1) is 0 Å². The lowest BCUT2D eigenvalue weighted by atomic mass is 10.0. The fourth-order valence-corrected chi connectivity index (χ4v) is 2.01. The summed E-state index contributed by atoms with van der Waals surface area (Å²) < 4.78 is 0. The molecule has 1 aromatic carbocycles. The first-order valence-electron chi connectivity index (χ1n) is 6.24. The third-order valence-electron chi connectivity index (χ3n) is 3.03. The SMILES string of the molecule is CC(=O)c1nccc2cc(O)c(CC=C(C)C)cc12. The molecule has 3 heteroatoms. The Bertz CT molecular complexity index is 668. The summed E-state index contributed by atoms with van der Waals surface area (Å²) in [6.07, 6.45) is 4.29. The molecule has 0 radical (unpaired) electrons. The summed E-state index contributed by atoms with van der Waals surface area (Å²) in [4.78, 5) is 15.7. The van der Waals surface area contributed by atoms with E-state index in [1.165, 1.54) is 12.5 Å². The van der Waals surface area contributed by atoms with E-state index in [9.17, 15) is 9.90 Å². The maximum atomic E-state index is 11.6. The Kier molecular flexibility index (Phi) is 3.65. The van der Waals surface area contributed by atoms with Crippen molar-refractivity contribution in [2.45, 2.75) is 27.2 Å². The Morgan fingerprint density at radius 1 is 1.32 bits per heavy atom. The smallest absolute Gasteiger partial charge is 0.178 e. The second-order valence-electron chi connectivity index (χ2n) is 4.90. The van der Waals surface area contributed by atoms with E-state index in [4.69, 9.17) is 0 Å². The first-order chi connectivity index (χ1) is 8.99. The molecule has 98 valence electrons. The fraction of sp³-hybridized carbons (Fsp3) is 0.250. The van der Waals surface area contributed by atoms with Crippen LogP contribution in [-0.4, -0.2) is 15.9 Å². The molecule has 0 bridgehead atoms. The minimum Gasteiger partial charge on any atom is -0.508 e. The van der Waals surface area contributed by atoms with Crippen molar-refractivity contribution in [3.63, 3.8) is 0 Å². The van der Waals surface area contributed by atoms with Gasteiger partial charge in [-0.2, -0.15) is 0 Å². The summed E-state index contributed by atoms with van der Waals surface area (Å²) >= 11 is 0. The molecule has 19 heavy (non-hydrogen) atoms. The number of hydrogen-bond acceptors (Lipinski definition) is 3. The number of fused-ring (bicyclic) bond motifs is 1. The lowest BCUT2D eigenvalue weighted by molar-refractivity contribution is 0.101. The predicted octanol–water partition coefficient (Wildman–Crippen LogP) is 3.65. The van der Waals surface area contributed by atoms with Crippen molar-refractivity contribution in [3.05, 3.63) is 47.3 Å². The van der Waals surface area contributed by atoms with Gasteiger partial charge in [0, 0.05) is 18.5 Å². The standard InChI is InChI=1S/C16H17NO2/c1-10(2)4-5-13-8-14-12(9-15(13)19)6-7-17-16(14)11(3)18/h4,6-9,19H,5H2,1-3H3. The van der Waals surface area contributed by atoms with Crippen LogP contribution in [0.2, 0.25) is 0 Å². The first-order valence-corrected chi connectivity index (χ1v) is 6.24. The molecule has 0 aliphatic rings. The van der Waals surface area contributed by atoms with Crippen molar-refractivity contribution in [2.24, 2.45) is 0 Å². The number of aromatic nitrogens is 1. The molecular weight excluding hydrogens is 238 g/mol. The zero-order chi connectivity index (χ0) is 14.0. The summed E-state index contributed by atoms with van der Waals surface area (Å²) in [6, 6.07) is 5.34. The number of benzene rings is 1. The number of carbonyl (C=O) groups is 1. The molecular formula is C16H17NO2. The van der Waals surface area contributed by atoms with Gasteiger partial charge < -0.3 is 5.11 Å². The van der Waals surface area contributed by atoms with Gasteiger partial charge in [0.2, 0.25) is 0 Å². The van der Waals surface area contributed by atoms with Crippen LogP contribution >= 0.6 is 0 Å². The summed E-state index contributed by atoms with van der Waals surface area (Å²) in [6.45, 7) is 5.53. The van der Waals surface area contributed by atoms with Gasteiger partial charge in [0.1, 0.15) is 11.4 Å². The van der Waals surface area contributed by atoms with Crippen molar-refractivity contribution < 1.29 is 9.90 Å². The topological polar surface area (TPSA) is 50.2 Å². The molecule has 0 fully saturated rings. The zero-order valence-electron chi connectivity index (χ0n) is 11.4. The quantitative estimate of drug-likeness (QED) is 0.672. The predicted molar refractivity (Wildman–Crippen MR) is 76.5 cm³/mol. The highest BCUT2D eigenvalue weighted by atomic mass is 16.3. The number of aromatic hydroxyl groups is 1. The number of nitrogens with zero attached hydrogens (tertiary/aromatic N) is 1. The minimum absolute atomic E-state index is 0.0653. The molecule has 3 nitrogen and oxygen atoms in total. The van der Waals surface area contributed by atoms with E-state index in [1.54, 1.807) is 18.3 Å². The van der Waals surface area contributed by atoms with Gasteiger partial charge in [0.15, 0.2) is 5.78 Å². The molecule has 2 aromatic rings. The van der Waals surface area contributed by atoms with Crippen LogP contribution in [0.15, 0.2) is 36.0 Å². The average molecular weight is 255 g/mol. The Morgan fingerprint density at radius 2 is 2.05 bits per heavy atom. The van der Waals surface area contributed by atoms with Crippen LogP contribution in [0.4, 0.5) is 0 Å². The number of hydrogen-bond donors (Lipinski definition) is 1. The Balaban J connectivity index is 2.61. The Morgan fingerprint density at radius 3 is 2.68 bits per heavy atom. The maximum Gasteiger partial charge on any atom is 0.178 e. The second kappa shape index (κ2) is 5.22. The number of carbonyl (C=O) groups excluding carboxylic acids is 1. The Hall–Kier alpha value is -2.16. The third-order valence-corrected chi connectivity index (χ3v) is 3.03. The van der Waals surface area contributed by atoms with Crippen molar-refractivity contribution in [1.82, 2.24) is 4.98 Å². The number of Topliss-reactive ketones (excluding diaryl/α,β-unsaturated/α-hetero) is 1. The number of pyridine rings is 1. The number of ketones is 1. The zero-order valence-corrected chi connectivity index (χ0v) is 11.4. The summed E-state index contributed by atoms with van der Waals surface area (Å²) in [5.74, 6) is 0.190. The highest BCUT2D eigenvalue weighted by Gasteiger charge is 2.10. The highest BCUT2D eigenvalue weighted by molar-refractivity contribution is 6.05. The lowest BCUT2D eigenvalue weighted by Gasteiger charge is -2.07. The molecule has 1 heterocycles. The van der Waals surface area contributed by atoms with Crippen LogP contribution in [0.3, 0.4) is 0 Å². The van der Waals surface area contributed by atoms with E-state index < -0.39 is 0 Å².